The molecular weight excluding hydrogens is 258 g/mol. The molecule has 2 heteroatoms. The lowest BCUT2D eigenvalue weighted by Gasteiger charge is -2.21. The number of aliphatic imine (C=N–C) groups is 1. The predicted molar refractivity (Wildman–Crippen MR) is 88.8 cm³/mol. The van der Waals surface area contributed by atoms with E-state index in [2.05, 4.69) is 30.6 Å². The summed E-state index contributed by atoms with van der Waals surface area (Å²) < 4.78 is 5.90. The summed E-state index contributed by atoms with van der Waals surface area (Å²) in [5.41, 5.74) is 2.23. The first-order chi connectivity index (χ1) is 10.3. The molecule has 21 heavy (non-hydrogen) atoms. The van der Waals surface area contributed by atoms with Crippen LogP contribution in [0, 0.1) is 0 Å². The van der Waals surface area contributed by atoms with Crippen molar-refractivity contribution >= 4 is 6.21 Å². The summed E-state index contributed by atoms with van der Waals surface area (Å²) in [6.07, 6.45) is 3.60. The zero-order valence-electron chi connectivity index (χ0n) is 12.4. The van der Waals surface area contributed by atoms with Crippen LogP contribution in [0.25, 0.3) is 0 Å². The molecule has 0 amide bonds. The maximum absolute atomic E-state index is 5.90. The van der Waals surface area contributed by atoms with Crippen molar-refractivity contribution in [1.29, 1.82) is 0 Å². The third-order valence-electron chi connectivity index (χ3n) is 3.22. The van der Waals surface area contributed by atoms with Crippen molar-refractivity contribution in [2.24, 2.45) is 4.99 Å². The summed E-state index contributed by atoms with van der Waals surface area (Å²) in [6, 6.07) is 20.3. The van der Waals surface area contributed by atoms with Crippen LogP contribution < -0.4 is 0 Å². The summed E-state index contributed by atoms with van der Waals surface area (Å²) in [5.74, 6) is 0. The molecule has 0 heterocycles. The van der Waals surface area contributed by atoms with Gasteiger partial charge in [0.15, 0.2) is 0 Å². The molecule has 2 rings (SSSR count). The molecule has 0 N–H and O–H groups in total. The molecule has 0 bridgehead atoms. The Balaban J connectivity index is 2.12. The summed E-state index contributed by atoms with van der Waals surface area (Å²) in [5, 5.41) is 0. The second-order valence-electron chi connectivity index (χ2n) is 4.88. The summed E-state index contributed by atoms with van der Waals surface area (Å²) >= 11 is 0. The number of ether oxygens (including phenoxy) is 1. The van der Waals surface area contributed by atoms with Crippen molar-refractivity contribution in [3.8, 4) is 0 Å². The first-order valence-electron chi connectivity index (χ1n) is 7.17. The third-order valence-corrected chi connectivity index (χ3v) is 3.22. The standard InChI is InChI=1S/C19H21NO/c1-3-14-21-19(18-12-8-5-9-13-18)16(2)20-15-17-10-6-4-7-11-17/h3-13,15-16,19H,1,14H2,2H3/t16-,19+/m1/s1. The minimum atomic E-state index is -0.0656. The van der Waals surface area contributed by atoms with Crippen molar-refractivity contribution in [3.63, 3.8) is 0 Å². The summed E-state index contributed by atoms with van der Waals surface area (Å²) in [6.45, 7) is 6.30. The highest BCUT2D eigenvalue weighted by molar-refractivity contribution is 5.79. The molecular formula is C19H21NO. The van der Waals surface area contributed by atoms with Gasteiger partial charge in [0.2, 0.25) is 0 Å². The molecule has 2 atom stereocenters. The van der Waals surface area contributed by atoms with Crippen LogP contribution >= 0.6 is 0 Å². The van der Waals surface area contributed by atoms with Crippen LogP contribution in [0.4, 0.5) is 0 Å². The molecule has 0 aromatic heterocycles. The Morgan fingerprint density at radius 2 is 1.67 bits per heavy atom. The summed E-state index contributed by atoms with van der Waals surface area (Å²) in [4.78, 5) is 4.64. The number of rotatable bonds is 7. The molecule has 0 saturated heterocycles. The van der Waals surface area contributed by atoms with E-state index in [1.54, 1.807) is 6.08 Å². The minimum Gasteiger partial charge on any atom is -0.367 e. The van der Waals surface area contributed by atoms with Gasteiger partial charge >= 0.3 is 0 Å². The fraction of sp³-hybridized carbons (Fsp3) is 0.211. The van der Waals surface area contributed by atoms with Crippen molar-refractivity contribution in [1.82, 2.24) is 0 Å². The van der Waals surface area contributed by atoms with Gasteiger partial charge in [-0.2, -0.15) is 0 Å². The monoisotopic (exact) mass is 279 g/mol. The average Bonchev–Trinajstić information content (AvgIpc) is 2.55. The Hall–Kier alpha value is -2.19. The second kappa shape index (κ2) is 8.18. The summed E-state index contributed by atoms with van der Waals surface area (Å²) in [7, 11) is 0. The molecule has 0 aliphatic heterocycles. The maximum Gasteiger partial charge on any atom is 0.105 e. The van der Waals surface area contributed by atoms with Crippen LogP contribution in [0.3, 0.4) is 0 Å². The van der Waals surface area contributed by atoms with E-state index in [4.69, 9.17) is 4.74 Å². The fourth-order valence-electron chi connectivity index (χ4n) is 2.15. The second-order valence-corrected chi connectivity index (χ2v) is 4.88. The van der Waals surface area contributed by atoms with Crippen molar-refractivity contribution in [2.45, 2.75) is 19.1 Å². The number of benzene rings is 2. The van der Waals surface area contributed by atoms with E-state index in [1.165, 1.54) is 0 Å². The molecule has 2 nitrogen and oxygen atoms in total. The van der Waals surface area contributed by atoms with E-state index >= 15 is 0 Å². The number of hydrogen-bond donors (Lipinski definition) is 0. The van der Waals surface area contributed by atoms with Gasteiger partial charge in [0.25, 0.3) is 0 Å². The molecule has 0 saturated carbocycles. The van der Waals surface area contributed by atoms with Gasteiger partial charge in [-0.05, 0) is 18.1 Å². The number of nitrogens with zero attached hydrogens (tertiary/aromatic N) is 1. The van der Waals surface area contributed by atoms with Gasteiger partial charge in [-0.1, -0.05) is 66.7 Å². The van der Waals surface area contributed by atoms with Gasteiger partial charge in [-0.25, -0.2) is 0 Å². The van der Waals surface area contributed by atoms with Gasteiger partial charge in [-0.15, -0.1) is 6.58 Å². The minimum absolute atomic E-state index is 0.0348. The molecule has 0 aliphatic rings. The van der Waals surface area contributed by atoms with E-state index in [0.717, 1.165) is 11.1 Å². The lowest BCUT2D eigenvalue weighted by molar-refractivity contribution is 0.0591. The topological polar surface area (TPSA) is 21.6 Å². The zero-order chi connectivity index (χ0) is 14.9. The Labute approximate surface area is 126 Å². The van der Waals surface area contributed by atoms with Gasteiger partial charge in [0.1, 0.15) is 6.10 Å². The first kappa shape index (κ1) is 15.2. The van der Waals surface area contributed by atoms with E-state index in [0.29, 0.717) is 6.61 Å². The molecule has 108 valence electrons. The van der Waals surface area contributed by atoms with Crippen LogP contribution in [0.5, 0.6) is 0 Å². The normalized spacial score (nSPS) is 14.0. The van der Waals surface area contributed by atoms with Crippen LogP contribution in [0.1, 0.15) is 24.2 Å². The zero-order valence-corrected chi connectivity index (χ0v) is 12.4. The van der Waals surface area contributed by atoms with Crippen LogP contribution in [-0.2, 0) is 4.74 Å². The van der Waals surface area contributed by atoms with Crippen molar-refractivity contribution in [2.75, 3.05) is 6.61 Å². The molecule has 0 unspecified atom stereocenters. The van der Waals surface area contributed by atoms with Crippen LogP contribution in [0.2, 0.25) is 0 Å². The highest BCUT2D eigenvalue weighted by Gasteiger charge is 2.18. The molecule has 0 aliphatic carbocycles. The lowest BCUT2D eigenvalue weighted by Crippen LogP contribution is -2.17. The SMILES string of the molecule is C=CCO[C@H](c1ccccc1)[C@@H](C)N=Cc1ccccc1. The van der Waals surface area contributed by atoms with Crippen molar-refractivity contribution in [3.05, 3.63) is 84.4 Å². The molecule has 0 radical (unpaired) electrons. The molecule has 0 spiro atoms. The highest BCUT2D eigenvalue weighted by atomic mass is 16.5. The highest BCUT2D eigenvalue weighted by Crippen LogP contribution is 2.23. The average molecular weight is 279 g/mol. The van der Waals surface area contributed by atoms with Gasteiger partial charge < -0.3 is 4.74 Å². The fourth-order valence-corrected chi connectivity index (χ4v) is 2.15. The Kier molecular flexibility index (Phi) is 5.92. The third kappa shape index (κ3) is 4.69. The van der Waals surface area contributed by atoms with E-state index in [1.807, 2.05) is 54.7 Å². The Morgan fingerprint density at radius 1 is 1.05 bits per heavy atom. The van der Waals surface area contributed by atoms with Gasteiger partial charge in [-0.3, -0.25) is 4.99 Å². The van der Waals surface area contributed by atoms with E-state index in [-0.39, 0.29) is 12.1 Å². The number of hydrogen-bond acceptors (Lipinski definition) is 2. The van der Waals surface area contributed by atoms with Crippen molar-refractivity contribution < 1.29 is 4.74 Å². The predicted octanol–water partition coefficient (Wildman–Crippen LogP) is 4.44. The van der Waals surface area contributed by atoms with E-state index in [9.17, 15) is 0 Å². The first-order valence-corrected chi connectivity index (χ1v) is 7.17. The van der Waals surface area contributed by atoms with Gasteiger partial charge in [0.05, 0.1) is 12.6 Å². The van der Waals surface area contributed by atoms with Crippen LogP contribution in [0.15, 0.2) is 78.3 Å². The molecule has 2 aromatic rings. The largest absolute Gasteiger partial charge is 0.367 e. The Bertz CT molecular complexity index is 563. The quantitative estimate of drug-likeness (QED) is 0.542. The van der Waals surface area contributed by atoms with Crippen LogP contribution in [-0.4, -0.2) is 18.9 Å². The van der Waals surface area contributed by atoms with Gasteiger partial charge in [0, 0.05) is 6.21 Å². The van der Waals surface area contributed by atoms with E-state index < -0.39 is 0 Å². The smallest absolute Gasteiger partial charge is 0.105 e. The Morgan fingerprint density at radius 3 is 2.29 bits per heavy atom. The molecule has 2 aromatic carbocycles. The maximum atomic E-state index is 5.90. The lowest BCUT2D eigenvalue weighted by atomic mass is 10.0. The molecule has 0 fully saturated rings.